The van der Waals surface area contributed by atoms with Crippen LogP contribution in [0.5, 0.6) is 0 Å². The smallest absolute Gasteiger partial charge is 0.190 e. The van der Waals surface area contributed by atoms with E-state index in [4.69, 9.17) is 4.42 Å². The van der Waals surface area contributed by atoms with Crippen LogP contribution in [-0.2, 0) is 0 Å². The Hall–Kier alpha value is -3.91. The van der Waals surface area contributed by atoms with E-state index in [1.807, 2.05) is 54.6 Å². The van der Waals surface area contributed by atoms with Crippen LogP contribution >= 0.6 is 0 Å². The quantitative estimate of drug-likeness (QED) is 0.233. The maximum atomic E-state index is 12.8. The monoisotopic (exact) mass is 372 g/mol. The molecule has 29 heavy (non-hydrogen) atoms. The molecule has 4 aromatic rings. The van der Waals surface area contributed by atoms with E-state index in [-0.39, 0.29) is 5.43 Å². The summed E-state index contributed by atoms with van der Waals surface area (Å²) in [5.74, 6) is 0.622. The van der Waals surface area contributed by atoms with Gasteiger partial charge in [-0.15, -0.1) is 0 Å². The summed E-state index contributed by atoms with van der Waals surface area (Å²) in [6.07, 6.45) is 0. The molecule has 2 heteroatoms. The van der Waals surface area contributed by atoms with Gasteiger partial charge in [0.2, 0.25) is 0 Å². The molecule has 0 bridgehead atoms. The zero-order valence-corrected chi connectivity index (χ0v) is 15.6. The second-order valence-electron chi connectivity index (χ2n) is 7.30. The molecular weight excluding hydrogens is 356 g/mol. The third-order valence-corrected chi connectivity index (χ3v) is 5.64. The van der Waals surface area contributed by atoms with Gasteiger partial charge in [0.15, 0.2) is 5.43 Å². The molecule has 0 unspecified atom stereocenters. The SMILES string of the molecule is O=c1cc2oc3c(ccc4ccccc43)c(-c3ccccc3)c-2c2ccccc12. The van der Waals surface area contributed by atoms with Crippen molar-refractivity contribution in [1.82, 2.24) is 0 Å². The number of fused-ring (bicyclic) bond motifs is 6. The highest BCUT2D eigenvalue weighted by Crippen LogP contribution is 2.44. The zero-order chi connectivity index (χ0) is 19.4. The van der Waals surface area contributed by atoms with Gasteiger partial charge in [-0.25, -0.2) is 0 Å². The Morgan fingerprint density at radius 1 is 0.552 bits per heavy atom. The van der Waals surface area contributed by atoms with Crippen molar-refractivity contribution in [2.75, 3.05) is 0 Å². The van der Waals surface area contributed by atoms with Crippen molar-refractivity contribution >= 4 is 32.5 Å². The third-order valence-electron chi connectivity index (χ3n) is 5.64. The van der Waals surface area contributed by atoms with Crippen LogP contribution in [0.15, 0.2) is 106 Å². The van der Waals surface area contributed by atoms with Crippen molar-refractivity contribution in [2.45, 2.75) is 0 Å². The molecule has 0 atom stereocenters. The van der Waals surface area contributed by atoms with Crippen LogP contribution < -0.4 is 5.43 Å². The fraction of sp³-hybridized carbons (Fsp3) is 0. The standard InChI is InChI=1S/C27H16O2/c28-23-16-24-26(21-13-7-6-12-20(21)23)25(18-9-2-1-3-10-18)22-15-14-17-8-4-5-11-19(17)27(22)29-24/h1-16H. The van der Waals surface area contributed by atoms with Gasteiger partial charge in [-0.05, 0) is 22.4 Å². The molecule has 6 rings (SSSR count). The summed E-state index contributed by atoms with van der Waals surface area (Å²) < 4.78 is 6.41. The van der Waals surface area contributed by atoms with Gasteiger partial charge in [0.25, 0.3) is 0 Å². The molecule has 136 valence electrons. The lowest BCUT2D eigenvalue weighted by Gasteiger charge is -2.18. The van der Waals surface area contributed by atoms with E-state index < -0.39 is 0 Å². The molecule has 0 saturated carbocycles. The molecule has 0 amide bonds. The van der Waals surface area contributed by atoms with Crippen LogP contribution in [0.25, 0.3) is 55.0 Å². The predicted octanol–water partition coefficient (Wildman–Crippen LogP) is 6.87. The summed E-state index contributed by atoms with van der Waals surface area (Å²) in [7, 11) is 0. The van der Waals surface area contributed by atoms with E-state index >= 15 is 0 Å². The van der Waals surface area contributed by atoms with Crippen LogP contribution in [-0.4, -0.2) is 0 Å². The second kappa shape index (κ2) is 6.05. The minimum absolute atomic E-state index is 0.0181. The lowest BCUT2D eigenvalue weighted by Crippen LogP contribution is -2.03. The fourth-order valence-electron chi connectivity index (χ4n) is 4.36. The van der Waals surface area contributed by atoms with Gasteiger partial charge in [0.1, 0.15) is 11.3 Å². The highest BCUT2D eigenvalue weighted by atomic mass is 16.3. The van der Waals surface area contributed by atoms with Gasteiger partial charge < -0.3 is 4.42 Å². The highest BCUT2D eigenvalue weighted by molar-refractivity contribution is 6.16. The molecular formula is C27H16O2. The molecule has 1 aliphatic heterocycles. The van der Waals surface area contributed by atoms with Crippen molar-refractivity contribution in [1.29, 1.82) is 0 Å². The topological polar surface area (TPSA) is 30.2 Å². The van der Waals surface area contributed by atoms with E-state index in [2.05, 4.69) is 36.4 Å². The van der Waals surface area contributed by atoms with Crippen molar-refractivity contribution in [2.24, 2.45) is 0 Å². The minimum atomic E-state index is -0.0181. The summed E-state index contributed by atoms with van der Waals surface area (Å²) in [4.78, 5) is 12.8. The number of benzene rings is 5. The van der Waals surface area contributed by atoms with Gasteiger partial charge in [-0.3, -0.25) is 4.79 Å². The van der Waals surface area contributed by atoms with Crippen LogP contribution in [0.1, 0.15) is 0 Å². The van der Waals surface area contributed by atoms with Crippen LogP contribution in [0.4, 0.5) is 0 Å². The van der Waals surface area contributed by atoms with Gasteiger partial charge in [0.05, 0.1) is 0 Å². The Kier molecular flexibility index (Phi) is 3.35. The Bertz CT molecular complexity index is 1560. The summed E-state index contributed by atoms with van der Waals surface area (Å²) >= 11 is 0. The molecule has 4 aromatic carbocycles. The second-order valence-corrected chi connectivity index (χ2v) is 7.30. The van der Waals surface area contributed by atoms with Crippen LogP contribution in [0, 0.1) is 0 Å². The Balaban J connectivity index is 1.94. The molecule has 0 N–H and O–H groups in total. The summed E-state index contributed by atoms with van der Waals surface area (Å²) in [6.45, 7) is 0. The fourth-order valence-corrected chi connectivity index (χ4v) is 4.36. The molecule has 2 nitrogen and oxygen atoms in total. The first-order chi connectivity index (χ1) is 14.3. The third kappa shape index (κ3) is 2.33. The first-order valence-corrected chi connectivity index (χ1v) is 9.67. The molecule has 0 aromatic heterocycles. The lowest BCUT2D eigenvalue weighted by molar-refractivity contribution is 0.624. The summed E-state index contributed by atoms with van der Waals surface area (Å²) in [6, 6.07) is 32.2. The predicted molar refractivity (Wildman–Crippen MR) is 120 cm³/mol. The first-order valence-electron chi connectivity index (χ1n) is 9.67. The van der Waals surface area contributed by atoms with Crippen molar-refractivity contribution in [3.8, 4) is 22.5 Å². The van der Waals surface area contributed by atoms with Gasteiger partial charge in [-0.1, -0.05) is 84.9 Å². The van der Waals surface area contributed by atoms with E-state index in [0.717, 1.165) is 43.8 Å². The minimum Gasteiger partial charge on any atom is -0.455 e. The zero-order valence-electron chi connectivity index (χ0n) is 15.6. The average Bonchev–Trinajstić information content (AvgIpc) is 2.78. The number of hydrogen-bond donors (Lipinski definition) is 0. The Morgan fingerprint density at radius 3 is 2.07 bits per heavy atom. The van der Waals surface area contributed by atoms with Gasteiger partial charge in [0, 0.05) is 33.4 Å². The van der Waals surface area contributed by atoms with Crippen LogP contribution in [0.2, 0.25) is 0 Å². The van der Waals surface area contributed by atoms with Gasteiger partial charge in [-0.2, -0.15) is 0 Å². The van der Waals surface area contributed by atoms with Crippen LogP contribution in [0.3, 0.4) is 0 Å². The van der Waals surface area contributed by atoms with Gasteiger partial charge >= 0.3 is 0 Å². The molecule has 0 radical (unpaired) electrons. The Labute approximate surface area is 167 Å². The lowest BCUT2D eigenvalue weighted by atomic mass is 9.89. The van der Waals surface area contributed by atoms with Crippen molar-refractivity contribution in [3.63, 3.8) is 0 Å². The molecule has 1 heterocycles. The molecule has 0 spiro atoms. The first kappa shape index (κ1) is 16.1. The van der Waals surface area contributed by atoms with E-state index in [1.54, 1.807) is 6.07 Å². The number of rotatable bonds is 1. The summed E-state index contributed by atoms with van der Waals surface area (Å²) in [5.41, 5.74) is 3.98. The largest absolute Gasteiger partial charge is 0.455 e. The molecule has 2 aliphatic rings. The average molecular weight is 372 g/mol. The summed E-state index contributed by atoms with van der Waals surface area (Å²) in [5, 5.41) is 4.85. The maximum absolute atomic E-state index is 12.8. The number of hydrogen-bond acceptors (Lipinski definition) is 2. The van der Waals surface area contributed by atoms with E-state index in [1.165, 1.54) is 0 Å². The molecule has 0 fully saturated rings. The molecule has 1 aliphatic carbocycles. The highest BCUT2D eigenvalue weighted by Gasteiger charge is 2.21. The maximum Gasteiger partial charge on any atom is 0.190 e. The van der Waals surface area contributed by atoms with Crippen molar-refractivity contribution in [3.05, 3.63) is 107 Å². The van der Waals surface area contributed by atoms with Crippen molar-refractivity contribution < 1.29 is 4.42 Å². The van der Waals surface area contributed by atoms with E-state index in [0.29, 0.717) is 11.1 Å². The molecule has 0 saturated heterocycles. The van der Waals surface area contributed by atoms with E-state index in [9.17, 15) is 4.79 Å². The normalized spacial score (nSPS) is 11.6. The Morgan fingerprint density at radius 2 is 1.24 bits per heavy atom.